The van der Waals surface area contributed by atoms with Gasteiger partial charge in [0.25, 0.3) is 0 Å². The van der Waals surface area contributed by atoms with Gasteiger partial charge in [0.1, 0.15) is 0 Å². The Hall–Kier alpha value is -2.96. The summed E-state index contributed by atoms with van der Waals surface area (Å²) in [5.74, 6) is 0.522. The maximum absolute atomic E-state index is 11.2. The van der Waals surface area contributed by atoms with E-state index >= 15 is 0 Å². The minimum absolute atomic E-state index is 0.0627. The molecule has 2 heterocycles. The molecule has 0 spiro atoms. The van der Waals surface area contributed by atoms with Crippen LogP contribution < -0.4 is 11.1 Å². The Balaban J connectivity index is 1.51. The maximum atomic E-state index is 11.2. The summed E-state index contributed by atoms with van der Waals surface area (Å²) in [6, 6.07) is 15.8. The third-order valence-corrected chi connectivity index (χ3v) is 5.82. The second kappa shape index (κ2) is 9.45. The molecule has 7 heteroatoms. The van der Waals surface area contributed by atoms with E-state index in [1.807, 2.05) is 42.6 Å². The lowest BCUT2D eigenvalue weighted by atomic mass is 9.89. The first-order chi connectivity index (χ1) is 15.0. The SMILES string of the molecule is CC(=O)Nc1ccc(CN2CCC[C@H](c3nc(N)ncc3-c3ccc(Cl)cc3)C2)cc1. The van der Waals surface area contributed by atoms with E-state index in [0.29, 0.717) is 11.0 Å². The molecule has 6 nitrogen and oxygen atoms in total. The van der Waals surface area contributed by atoms with Gasteiger partial charge in [0.2, 0.25) is 11.9 Å². The average molecular weight is 436 g/mol. The average Bonchev–Trinajstić information content (AvgIpc) is 2.76. The van der Waals surface area contributed by atoms with Crippen molar-refractivity contribution in [2.75, 3.05) is 24.1 Å². The van der Waals surface area contributed by atoms with Crippen LogP contribution in [0.2, 0.25) is 5.02 Å². The number of anilines is 2. The Morgan fingerprint density at radius 3 is 2.65 bits per heavy atom. The number of carbonyl (C=O) groups excluding carboxylic acids is 1. The predicted molar refractivity (Wildman–Crippen MR) is 125 cm³/mol. The molecule has 3 N–H and O–H groups in total. The Morgan fingerprint density at radius 1 is 1.19 bits per heavy atom. The van der Waals surface area contributed by atoms with Crippen molar-refractivity contribution in [2.45, 2.75) is 32.2 Å². The van der Waals surface area contributed by atoms with Gasteiger partial charge in [0, 0.05) is 48.4 Å². The molecule has 2 aromatic carbocycles. The van der Waals surface area contributed by atoms with E-state index in [4.69, 9.17) is 17.3 Å². The van der Waals surface area contributed by atoms with Crippen LogP contribution in [-0.2, 0) is 11.3 Å². The molecular weight excluding hydrogens is 410 g/mol. The zero-order valence-corrected chi connectivity index (χ0v) is 18.3. The Kier molecular flexibility index (Phi) is 6.49. The first-order valence-electron chi connectivity index (χ1n) is 10.4. The standard InChI is InChI=1S/C24H26ClN5O/c1-16(31)28-21-10-4-17(5-11-21)14-30-12-2-3-19(15-30)23-22(13-27-24(26)29-23)18-6-8-20(25)9-7-18/h4-11,13,19H,2-3,12,14-15H2,1H3,(H,28,31)(H2,26,27,29)/t19-/m0/s1. The number of nitrogen functional groups attached to an aromatic ring is 1. The molecule has 0 aliphatic carbocycles. The minimum Gasteiger partial charge on any atom is -0.368 e. The number of benzene rings is 2. The number of nitrogens with zero attached hydrogens (tertiary/aromatic N) is 3. The van der Waals surface area contributed by atoms with Crippen molar-refractivity contribution in [3.63, 3.8) is 0 Å². The molecule has 1 aliphatic rings. The fraction of sp³-hybridized carbons (Fsp3) is 0.292. The number of hydrogen-bond acceptors (Lipinski definition) is 5. The Morgan fingerprint density at radius 2 is 1.94 bits per heavy atom. The summed E-state index contributed by atoms with van der Waals surface area (Å²) in [7, 11) is 0. The van der Waals surface area contributed by atoms with Crippen LogP contribution in [-0.4, -0.2) is 33.9 Å². The third-order valence-electron chi connectivity index (χ3n) is 5.56. The van der Waals surface area contributed by atoms with Gasteiger partial charge in [0.05, 0.1) is 5.69 Å². The normalized spacial score (nSPS) is 16.8. The molecular formula is C24H26ClN5O. The van der Waals surface area contributed by atoms with Crippen LogP contribution >= 0.6 is 11.6 Å². The second-order valence-corrected chi connectivity index (χ2v) is 8.42. The smallest absolute Gasteiger partial charge is 0.221 e. The second-order valence-electron chi connectivity index (χ2n) is 7.99. The van der Waals surface area contributed by atoms with Crippen molar-refractivity contribution in [1.29, 1.82) is 0 Å². The highest BCUT2D eigenvalue weighted by atomic mass is 35.5. The number of rotatable bonds is 5. The molecule has 1 amide bonds. The van der Waals surface area contributed by atoms with E-state index in [0.717, 1.165) is 55.0 Å². The van der Waals surface area contributed by atoms with E-state index < -0.39 is 0 Å². The molecule has 1 fully saturated rings. The number of piperidine rings is 1. The summed E-state index contributed by atoms with van der Waals surface area (Å²) in [4.78, 5) is 22.5. The molecule has 160 valence electrons. The fourth-order valence-corrected chi connectivity index (χ4v) is 4.28. The zero-order chi connectivity index (χ0) is 21.8. The van der Waals surface area contributed by atoms with E-state index in [2.05, 4.69) is 32.3 Å². The van der Waals surface area contributed by atoms with Crippen LogP contribution in [0.15, 0.2) is 54.7 Å². The molecule has 3 aromatic rings. The number of halogens is 1. The lowest BCUT2D eigenvalue weighted by Crippen LogP contribution is -2.34. The highest BCUT2D eigenvalue weighted by Crippen LogP contribution is 2.34. The monoisotopic (exact) mass is 435 g/mol. The van der Waals surface area contributed by atoms with E-state index in [9.17, 15) is 4.79 Å². The number of amides is 1. The summed E-state index contributed by atoms with van der Waals surface area (Å²) < 4.78 is 0. The lowest BCUT2D eigenvalue weighted by Gasteiger charge is -2.33. The van der Waals surface area contributed by atoms with Crippen molar-refractivity contribution in [3.8, 4) is 11.1 Å². The number of likely N-dealkylation sites (tertiary alicyclic amines) is 1. The van der Waals surface area contributed by atoms with Gasteiger partial charge in [-0.2, -0.15) is 0 Å². The first-order valence-corrected chi connectivity index (χ1v) is 10.8. The molecule has 1 aromatic heterocycles. The number of aromatic nitrogens is 2. The molecule has 1 atom stereocenters. The molecule has 0 saturated carbocycles. The number of hydrogen-bond donors (Lipinski definition) is 2. The van der Waals surface area contributed by atoms with Gasteiger partial charge in [0.15, 0.2) is 0 Å². The molecule has 1 aliphatic heterocycles. The quantitative estimate of drug-likeness (QED) is 0.605. The van der Waals surface area contributed by atoms with Crippen LogP contribution in [0.25, 0.3) is 11.1 Å². The highest BCUT2D eigenvalue weighted by Gasteiger charge is 2.25. The van der Waals surface area contributed by atoms with E-state index in [1.165, 1.54) is 12.5 Å². The summed E-state index contributed by atoms with van der Waals surface area (Å²) in [5.41, 5.74) is 11.0. The fourth-order valence-electron chi connectivity index (χ4n) is 4.15. The van der Waals surface area contributed by atoms with Gasteiger partial charge in [-0.25, -0.2) is 9.97 Å². The first kappa shape index (κ1) is 21.3. The maximum Gasteiger partial charge on any atom is 0.221 e. The summed E-state index contributed by atoms with van der Waals surface area (Å²) >= 11 is 6.06. The highest BCUT2D eigenvalue weighted by molar-refractivity contribution is 6.30. The van der Waals surface area contributed by atoms with Gasteiger partial charge >= 0.3 is 0 Å². The van der Waals surface area contributed by atoms with E-state index in [1.54, 1.807) is 0 Å². The van der Waals surface area contributed by atoms with Gasteiger partial charge < -0.3 is 11.1 Å². The van der Waals surface area contributed by atoms with Gasteiger partial charge in [-0.05, 0) is 54.8 Å². The van der Waals surface area contributed by atoms with Crippen molar-refractivity contribution >= 4 is 29.1 Å². The summed E-state index contributed by atoms with van der Waals surface area (Å²) in [6.07, 6.45) is 3.98. The zero-order valence-electron chi connectivity index (χ0n) is 17.5. The van der Waals surface area contributed by atoms with Crippen LogP contribution in [0.5, 0.6) is 0 Å². The van der Waals surface area contributed by atoms with E-state index in [-0.39, 0.29) is 11.8 Å². The number of nitrogens with one attached hydrogen (secondary N) is 1. The molecule has 1 saturated heterocycles. The van der Waals surface area contributed by atoms with Gasteiger partial charge in [-0.3, -0.25) is 9.69 Å². The molecule has 0 bridgehead atoms. The van der Waals surface area contributed by atoms with Gasteiger partial charge in [-0.15, -0.1) is 0 Å². The Bertz CT molecular complexity index is 1050. The van der Waals surface area contributed by atoms with Crippen LogP contribution in [0.3, 0.4) is 0 Å². The third kappa shape index (κ3) is 5.40. The van der Waals surface area contributed by atoms with Crippen molar-refractivity contribution in [1.82, 2.24) is 14.9 Å². The van der Waals surface area contributed by atoms with Crippen molar-refractivity contribution in [3.05, 3.63) is 71.0 Å². The lowest BCUT2D eigenvalue weighted by molar-refractivity contribution is -0.114. The van der Waals surface area contributed by atoms with Crippen LogP contribution in [0.4, 0.5) is 11.6 Å². The minimum atomic E-state index is -0.0627. The molecule has 0 radical (unpaired) electrons. The summed E-state index contributed by atoms with van der Waals surface area (Å²) in [6.45, 7) is 4.32. The van der Waals surface area contributed by atoms with Crippen LogP contribution in [0.1, 0.15) is 36.9 Å². The van der Waals surface area contributed by atoms with Crippen molar-refractivity contribution < 1.29 is 4.79 Å². The summed E-state index contributed by atoms with van der Waals surface area (Å²) in [5, 5.41) is 3.51. The predicted octanol–water partition coefficient (Wildman–Crippen LogP) is 4.72. The van der Waals surface area contributed by atoms with Gasteiger partial charge in [-0.1, -0.05) is 35.9 Å². The largest absolute Gasteiger partial charge is 0.368 e. The molecule has 31 heavy (non-hydrogen) atoms. The molecule has 4 rings (SSSR count). The number of nitrogens with two attached hydrogens (primary N) is 1. The van der Waals surface area contributed by atoms with Crippen molar-refractivity contribution in [2.24, 2.45) is 0 Å². The van der Waals surface area contributed by atoms with Crippen LogP contribution in [0, 0.1) is 0 Å². The molecule has 0 unspecified atom stereocenters. The Labute approximate surface area is 187 Å². The topological polar surface area (TPSA) is 84.1 Å². The number of carbonyl (C=O) groups is 1.